The summed E-state index contributed by atoms with van der Waals surface area (Å²) in [6.45, 7) is 0. The molecule has 0 bridgehead atoms. The maximum Gasteiger partial charge on any atom is 0.143 e. The zero-order valence-corrected chi connectivity index (χ0v) is 25.6. The molecule has 9 aromatic carbocycles. The van der Waals surface area contributed by atoms with Crippen molar-refractivity contribution in [2.24, 2.45) is 0 Å². The van der Waals surface area contributed by atoms with Crippen LogP contribution >= 0.6 is 0 Å². The minimum Gasteiger partial charge on any atom is -0.455 e. The molecule has 10 aromatic rings. The van der Waals surface area contributed by atoms with E-state index in [1.165, 1.54) is 70.9 Å². The van der Waals surface area contributed by atoms with Crippen LogP contribution in [0.15, 0.2) is 174 Å². The number of hydrogen-bond donors (Lipinski definition) is 0. The van der Waals surface area contributed by atoms with Gasteiger partial charge in [-0.25, -0.2) is 0 Å². The van der Waals surface area contributed by atoms with Crippen molar-refractivity contribution >= 4 is 65.0 Å². The van der Waals surface area contributed by atoms with E-state index in [1.54, 1.807) is 0 Å². The van der Waals surface area contributed by atoms with E-state index >= 15 is 0 Å². The first-order valence-electron chi connectivity index (χ1n) is 16.2. The molecule has 1 aromatic heterocycles. The third-order valence-electron chi connectivity index (χ3n) is 9.82. The van der Waals surface area contributed by atoms with E-state index in [2.05, 4.69) is 170 Å². The van der Waals surface area contributed by atoms with E-state index in [4.69, 9.17) is 4.42 Å². The van der Waals surface area contributed by atoms with Crippen LogP contribution in [0, 0.1) is 0 Å². The van der Waals surface area contributed by atoms with E-state index in [-0.39, 0.29) is 0 Å². The van der Waals surface area contributed by atoms with Crippen LogP contribution in [0.4, 0.5) is 0 Å². The molecule has 0 atom stereocenters. The van der Waals surface area contributed by atoms with Gasteiger partial charge < -0.3 is 4.42 Å². The largest absolute Gasteiger partial charge is 0.455 e. The molecule has 0 saturated heterocycles. The molecule has 0 fully saturated rings. The molecule has 218 valence electrons. The molecule has 47 heavy (non-hydrogen) atoms. The van der Waals surface area contributed by atoms with E-state index in [1.807, 2.05) is 0 Å². The summed E-state index contributed by atoms with van der Waals surface area (Å²) >= 11 is 0. The Morgan fingerprint density at radius 2 is 0.830 bits per heavy atom. The quantitative estimate of drug-likeness (QED) is 0.185. The third kappa shape index (κ3) is 3.90. The highest BCUT2D eigenvalue weighted by molar-refractivity contribution is 6.28. The molecule has 1 heterocycles. The summed E-state index contributed by atoms with van der Waals surface area (Å²) < 4.78 is 6.76. The summed E-state index contributed by atoms with van der Waals surface area (Å²) in [5.74, 6) is 0. The van der Waals surface area contributed by atoms with Crippen molar-refractivity contribution in [3.05, 3.63) is 170 Å². The highest BCUT2D eigenvalue weighted by Gasteiger charge is 2.22. The Bertz CT molecular complexity index is 2790. The summed E-state index contributed by atoms with van der Waals surface area (Å²) in [7, 11) is 0. The van der Waals surface area contributed by atoms with Gasteiger partial charge in [0.05, 0.1) is 0 Å². The lowest BCUT2D eigenvalue weighted by Crippen LogP contribution is -1.92. The summed E-state index contributed by atoms with van der Waals surface area (Å²) in [6, 6.07) is 61.5. The van der Waals surface area contributed by atoms with Gasteiger partial charge in [0, 0.05) is 21.9 Å². The fourth-order valence-electron chi connectivity index (χ4n) is 7.80. The van der Waals surface area contributed by atoms with E-state index in [9.17, 15) is 0 Å². The first kappa shape index (κ1) is 26.1. The van der Waals surface area contributed by atoms with Gasteiger partial charge in [-0.2, -0.15) is 0 Å². The Morgan fingerprint density at radius 3 is 1.57 bits per heavy atom. The van der Waals surface area contributed by atoms with Gasteiger partial charge in [-0.15, -0.1) is 0 Å². The van der Waals surface area contributed by atoms with Crippen LogP contribution in [0.5, 0.6) is 0 Å². The predicted octanol–water partition coefficient (Wildman–Crippen LogP) is 13.2. The molecule has 1 nitrogen and oxygen atoms in total. The summed E-state index contributed by atoms with van der Waals surface area (Å²) in [6.07, 6.45) is 0. The van der Waals surface area contributed by atoms with Crippen LogP contribution in [0.3, 0.4) is 0 Å². The predicted molar refractivity (Wildman–Crippen MR) is 200 cm³/mol. The standard InChI is InChI=1S/C46H28O/c1-3-18-33-29(13-1)15-12-25-34(33)30-16-11-17-32(27-30)43-37-21-5-7-23-39(37)44(40-24-8-6-22-38(40)43)45-35-19-4-2-14-31(35)28-41-36-20-9-10-26-42(36)47-46(41)45/h1-28H. The Balaban J connectivity index is 1.33. The monoisotopic (exact) mass is 596 g/mol. The fourth-order valence-corrected chi connectivity index (χ4v) is 7.80. The minimum absolute atomic E-state index is 0.912. The molecule has 10 rings (SSSR count). The SMILES string of the molecule is c1cc(-c2cccc3ccccc23)cc(-c2c3ccccc3c(-c3c4ccccc4cc4c3oc3ccccc34)c3ccccc23)c1. The smallest absolute Gasteiger partial charge is 0.143 e. The van der Waals surface area contributed by atoms with Crippen LogP contribution in [-0.2, 0) is 0 Å². The summed E-state index contributed by atoms with van der Waals surface area (Å²) in [5.41, 5.74) is 9.14. The number of hydrogen-bond acceptors (Lipinski definition) is 1. The van der Waals surface area contributed by atoms with E-state index in [0.717, 1.165) is 27.5 Å². The van der Waals surface area contributed by atoms with Crippen molar-refractivity contribution in [3.8, 4) is 33.4 Å². The number of para-hydroxylation sites is 1. The van der Waals surface area contributed by atoms with Gasteiger partial charge in [0.1, 0.15) is 11.2 Å². The lowest BCUT2D eigenvalue weighted by molar-refractivity contribution is 0.670. The van der Waals surface area contributed by atoms with Gasteiger partial charge in [0.2, 0.25) is 0 Å². The van der Waals surface area contributed by atoms with E-state index < -0.39 is 0 Å². The topological polar surface area (TPSA) is 13.1 Å². The average Bonchev–Trinajstić information content (AvgIpc) is 3.51. The van der Waals surface area contributed by atoms with Gasteiger partial charge in [-0.1, -0.05) is 152 Å². The number of furan rings is 1. The highest BCUT2D eigenvalue weighted by atomic mass is 16.3. The van der Waals surface area contributed by atoms with Gasteiger partial charge in [-0.05, 0) is 83.5 Å². The normalized spacial score (nSPS) is 11.8. The van der Waals surface area contributed by atoms with Gasteiger partial charge in [0.25, 0.3) is 0 Å². The van der Waals surface area contributed by atoms with Gasteiger partial charge in [-0.3, -0.25) is 0 Å². The first-order valence-corrected chi connectivity index (χ1v) is 16.2. The molecule has 0 aliphatic heterocycles. The van der Waals surface area contributed by atoms with Crippen LogP contribution in [0.2, 0.25) is 0 Å². The second-order valence-corrected chi connectivity index (χ2v) is 12.4. The summed E-state index contributed by atoms with van der Waals surface area (Å²) in [5, 5.41) is 12.1. The van der Waals surface area contributed by atoms with Crippen molar-refractivity contribution in [1.82, 2.24) is 0 Å². The first-order chi connectivity index (χ1) is 23.3. The van der Waals surface area contributed by atoms with Crippen LogP contribution in [-0.4, -0.2) is 0 Å². The molecule has 0 saturated carbocycles. The molecule has 1 heteroatoms. The molecule has 0 N–H and O–H groups in total. The lowest BCUT2D eigenvalue weighted by atomic mass is 9.83. The zero-order valence-electron chi connectivity index (χ0n) is 25.6. The molecule has 0 amide bonds. The Kier molecular flexibility index (Phi) is 5.64. The number of fused-ring (bicyclic) bond motifs is 7. The molecule has 0 radical (unpaired) electrons. The van der Waals surface area contributed by atoms with Crippen molar-refractivity contribution in [2.45, 2.75) is 0 Å². The summed E-state index contributed by atoms with van der Waals surface area (Å²) in [4.78, 5) is 0. The molecule has 0 aliphatic carbocycles. The van der Waals surface area contributed by atoms with Crippen LogP contribution in [0.1, 0.15) is 0 Å². The fraction of sp³-hybridized carbons (Fsp3) is 0. The van der Waals surface area contributed by atoms with Crippen molar-refractivity contribution in [1.29, 1.82) is 0 Å². The lowest BCUT2D eigenvalue weighted by Gasteiger charge is -2.19. The number of rotatable bonds is 3. The third-order valence-corrected chi connectivity index (χ3v) is 9.82. The van der Waals surface area contributed by atoms with Gasteiger partial charge in [0.15, 0.2) is 0 Å². The number of benzene rings is 9. The maximum absolute atomic E-state index is 6.76. The molecular formula is C46H28O. The molecular weight excluding hydrogens is 569 g/mol. The minimum atomic E-state index is 0.912. The Morgan fingerprint density at radius 1 is 0.298 bits per heavy atom. The average molecular weight is 597 g/mol. The second kappa shape index (κ2) is 10.2. The van der Waals surface area contributed by atoms with Crippen molar-refractivity contribution < 1.29 is 4.42 Å². The molecule has 0 aliphatic rings. The van der Waals surface area contributed by atoms with Crippen molar-refractivity contribution in [2.75, 3.05) is 0 Å². The Hall–Kier alpha value is -6.18. The highest BCUT2D eigenvalue weighted by Crippen LogP contribution is 2.49. The molecule has 0 unspecified atom stereocenters. The second-order valence-electron chi connectivity index (χ2n) is 12.4. The van der Waals surface area contributed by atoms with Gasteiger partial charge >= 0.3 is 0 Å². The Labute approximate surface area is 271 Å². The van der Waals surface area contributed by atoms with Crippen molar-refractivity contribution in [3.63, 3.8) is 0 Å². The maximum atomic E-state index is 6.76. The van der Waals surface area contributed by atoms with Crippen LogP contribution < -0.4 is 0 Å². The zero-order chi connectivity index (χ0) is 30.9. The van der Waals surface area contributed by atoms with Crippen LogP contribution in [0.25, 0.3) is 98.4 Å². The van der Waals surface area contributed by atoms with E-state index in [0.29, 0.717) is 0 Å². The molecule has 0 spiro atoms.